The van der Waals surface area contributed by atoms with E-state index in [0.717, 1.165) is 29.7 Å². The highest BCUT2D eigenvalue weighted by molar-refractivity contribution is 5.94. The van der Waals surface area contributed by atoms with E-state index < -0.39 is 0 Å². The molecule has 0 radical (unpaired) electrons. The summed E-state index contributed by atoms with van der Waals surface area (Å²) in [5.41, 5.74) is 3.01. The Hall–Kier alpha value is -3.19. The van der Waals surface area contributed by atoms with Crippen LogP contribution in [0.2, 0.25) is 0 Å². The van der Waals surface area contributed by atoms with E-state index in [2.05, 4.69) is 4.90 Å². The van der Waals surface area contributed by atoms with Crippen LogP contribution in [0.25, 0.3) is 6.08 Å². The van der Waals surface area contributed by atoms with Crippen LogP contribution in [0.1, 0.15) is 29.2 Å². The predicted molar refractivity (Wildman–Crippen MR) is 116 cm³/mol. The number of likely N-dealkylation sites (N-methyl/N-ethyl adjacent to an activating group) is 1. The number of hydrogen-bond acceptors (Lipinski definition) is 7. The van der Waals surface area contributed by atoms with E-state index in [1.54, 1.807) is 33.5 Å². The van der Waals surface area contributed by atoms with Gasteiger partial charge >= 0.3 is 0 Å². The molecule has 4 rings (SSSR count). The van der Waals surface area contributed by atoms with Crippen LogP contribution in [-0.2, 0) is 11.2 Å². The number of benzene rings is 2. The molecular weight excluding hydrogens is 398 g/mol. The smallest absolute Gasteiger partial charge is 0.231 e. The summed E-state index contributed by atoms with van der Waals surface area (Å²) in [5.74, 6) is 3.29. The van der Waals surface area contributed by atoms with E-state index in [-0.39, 0.29) is 18.6 Å². The maximum atomic E-state index is 12.9. The molecule has 0 unspecified atom stereocenters. The lowest BCUT2D eigenvalue weighted by Crippen LogP contribution is -2.33. The van der Waals surface area contributed by atoms with Crippen molar-refractivity contribution in [2.75, 3.05) is 41.7 Å². The first-order valence-electron chi connectivity index (χ1n) is 10.2. The number of fused-ring (bicyclic) bond motifs is 2. The molecule has 0 aromatic heterocycles. The minimum atomic E-state index is -0.101. The number of carbonyl (C=O) groups is 1. The average Bonchev–Trinajstić information content (AvgIpc) is 3.26. The Morgan fingerprint density at radius 1 is 1.13 bits per heavy atom. The van der Waals surface area contributed by atoms with Gasteiger partial charge in [0.15, 0.2) is 28.8 Å². The van der Waals surface area contributed by atoms with Gasteiger partial charge in [-0.2, -0.15) is 0 Å². The monoisotopic (exact) mass is 425 g/mol. The van der Waals surface area contributed by atoms with E-state index in [9.17, 15) is 4.79 Å². The van der Waals surface area contributed by atoms with Crippen molar-refractivity contribution in [1.29, 1.82) is 0 Å². The van der Waals surface area contributed by atoms with Crippen LogP contribution in [-0.4, -0.2) is 52.4 Å². The molecule has 2 aliphatic heterocycles. The molecule has 0 N–H and O–H groups in total. The van der Waals surface area contributed by atoms with E-state index >= 15 is 0 Å². The van der Waals surface area contributed by atoms with Gasteiger partial charge in [-0.05, 0) is 48.9 Å². The highest BCUT2D eigenvalue weighted by Crippen LogP contribution is 2.50. The minimum Gasteiger partial charge on any atom is -0.493 e. The normalized spacial score (nSPS) is 17.5. The molecule has 2 aromatic carbocycles. The number of ether oxygens (including phenoxy) is 5. The zero-order valence-electron chi connectivity index (χ0n) is 18.3. The zero-order valence-corrected chi connectivity index (χ0v) is 18.3. The highest BCUT2D eigenvalue weighted by Gasteiger charge is 2.34. The average molecular weight is 425 g/mol. The molecule has 0 spiro atoms. The molecule has 0 amide bonds. The molecule has 0 fully saturated rings. The van der Waals surface area contributed by atoms with Gasteiger partial charge in [0.05, 0.1) is 21.3 Å². The zero-order chi connectivity index (χ0) is 22.0. The maximum absolute atomic E-state index is 12.9. The van der Waals surface area contributed by atoms with Gasteiger partial charge in [0.1, 0.15) is 0 Å². The van der Waals surface area contributed by atoms with E-state index in [1.165, 1.54) is 0 Å². The number of ketones is 1. The van der Waals surface area contributed by atoms with Crippen LogP contribution < -0.4 is 23.7 Å². The highest BCUT2D eigenvalue weighted by atomic mass is 16.7. The van der Waals surface area contributed by atoms with Gasteiger partial charge in [-0.1, -0.05) is 12.1 Å². The van der Waals surface area contributed by atoms with Crippen molar-refractivity contribution in [2.24, 2.45) is 0 Å². The van der Waals surface area contributed by atoms with Crippen molar-refractivity contribution < 1.29 is 28.5 Å². The molecule has 0 bridgehead atoms. The molecule has 7 nitrogen and oxygen atoms in total. The largest absolute Gasteiger partial charge is 0.493 e. The molecule has 7 heteroatoms. The number of allylic oxidation sites excluding steroid dienone is 1. The van der Waals surface area contributed by atoms with Crippen LogP contribution in [0, 0.1) is 0 Å². The number of carbonyl (C=O) groups excluding carboxylic acids is 1. The SMILES string of the molecule is COc1ccc(/C=C/C(=O)C[C@H]2c3c(cc4c(c3OC)OCO4)CCN2C)cc1OC. The molecule has 2 aromatic rings. The Kier molecular flexibility index (Phi) is 6.04. The Bertz CT molecular complexity index is 1020. The summed E-state index contributed by atoms with van der Waals surface area (Å²) in [6.07, 6.45) is 4.61. The van der Waals surface area contributed by atoms with Crippen LogP contribution in [0.5, 0.6) is 28.7 Å². The number of rotatable bonds is 7. The summed E-state index contributed by atoms with van der Waals surface area (Å²) < 4.78 is 27.5. The fourth-order valence-electron chi connectivity index (χ4n) is 4.19. The lowest BCUT2D eigenvalue weighted by Gasteiger charge is -2.35. The molecule has 2 aliphatic rings. The lowest BCUT2D eigenvalue weighted by molar-refractivity contribution is -0.115. The Morgan fingerprint density at radius 3 is 2.68 bits per heavy atom. The Labute approximate surface area is 182 Å². The van der Waals surface area contributed by atoms with Gasteiger partial charge in [-0.15, -0.1) is 0 Å². The van der Waals surface area contributed by atoms with Crippen molar-refractivity contribution in [3.05, 3.63) is 47.0 Å². The molecule has 0 aliphatic carbocycles. The van der Waals surface area contributed by atoms with Gasteiger partial charge in [0.25, 0.3) is 0 Å². The minimum absolute atomic E-state index is 0.0270. The van der Waals surface area contributed by atoms with Crippen molar-refractivity contribution in [2.45, 2.75) is 18.9 Å². The summed E-state index contributed by atoms with van der Waals surface area (Å²) in [7, 11) is 6.84. The van der Waals surface area contributed by atoms with E-state index in [1.807, 2.05) is 31.3 Å². The number of methoxy groups -OCH3 is 3. The third kappa shape index (κ3) is 4.05. The van der Waals surface area contributed by atoms with Crippen molar-refractivity contribution in [1.82, 2.24) is 4.90 Å². The molecule has 0 saturated heterocycles. The summed E-state index contributed by atoms with van der Waals surface area (Å²) in [6, 6.07) is 7.47. The molecule has 0 saturated carbocycles. The van der Waals surface area contributed by atoms with Gasteiger partial charge in [0, 0.05) is 24.6 Å². The summed E-state index contributed by atoms with van der Waals surface area (Å²) in [5, 5.41) is 0. The third-order valence-electron chi connectivity index (χ3n) is 5.81. The molecule has 31 heavy (non-hydrogen) atoms. The van der Waals surface area contributed by atoms with Gasteiger partial charge in [-0.25, -0.2) is 0 Å². The van der Waals surface area contributed by atoms with Crippen molar-refractivity contribution in [3.63, 3.8) is 0 Å². The molecule has 1 atom stereocenters. The van der Waals surface area contributed by atoms with Gasteiger partial charge in [0.2, 0.25) is 12.5 Å². The van der Waals surface area contributed by atoms with Crippen molar-refractivity contribution >= 4 is 11.9 Å². The van der Waals surface area contributed by atoms with E-state index in [0.29, 0.717) is 35.2 Å². The summed E-state index contributed by atoms with van der Waals surface area (Å²) >= 11 is 0. The molecule has 164 valence electrons. The van der Waals surface area contributed by atoms with Crippen LogP contribution in [0.4, 0.5) is 0 Å². The second kappa shape index (κ2) is 8.89. The maximum Gasteiger partial charge on any atom is 0.231 e. The molecular formula is C24H27NO6. The van der Waals surface area contributed by atoms with Gasteiger partial charge in [-0.3, -0.25) is 9.69 Å². The fourth-order valence-corrected chi connectivity index (χ4v) is 4.19. The Morgan fingerprint density at radius 2 is 1.94 bits per heavy atom. The topological polar surface area (TPSA) is 66.5 Å². The first-order chi connectivity index (χ1) is 15.0. The lowest BCUT2D eigenvalue weighted by atomic mass is 9.88. The quantitative estimate of drug-likeness (QED) is 0.628. The fraction of sp³-hybridized carbons (Fsp3) is 0.375. The van der Waals surface area contributed by atoms with Gasteiger partial charge < -0.3 is 23.7 Å². The second-order valence-corrected chi connectivity index (χ2v) is 7.58. The number of nitrogens with zero attached hydrogens (tertiary/aromatic N) is 1. The van der Waals surface area contributed by atoms with Crippen LogP contribution in [0.3, 0.4) is 0 Å². The number of hydrogen-bond donors (Lipinski definition) is 0. The first-order valence-corrected chi connectivity index (χ1v) is 10.2. The Balaban J connectivity index is 1.57. The first kappa shape index (κ1) is 21.1. The van der Waals surface area contributed by atoms with Crippen molar-refractivity contribution in [3.8, 4) is 28.7 Å². The standard InChI is InChI=1S/C24H27NO6/c1-25-10-9-16-12-21-23(31-14-30-21)24(29-4)22(16)18(25)13-17(26)7-5-15-6-8-19(27-2)20(11-15)28-3/h5-8,11-12,18H,9-10,13-14H2,1-4H3/b7-5+/t18-/m0/s1. The second-order valence-electron chi connectivity index (χ2n) is 7.58. The predicted octanol–water partition coefficient (Wildman–Crippen LogP) is 3.64. The summed E-state index contributed by atoms with van der Waals surface area (Å²) in [4.78, 5) is 15.1. The van der Waals surface area contributed by atoms with Crippen LogP contribution in [0.15, 0.2) is 30.3 Å². The summed E-state index contributed by atoms with van der Waals surface area (Å²) in [6.45, 7) is 1.04. The third-order valence-corrected chi connectivity index (χ3v) is 5.81. The molecule has 2 heterocycles. The van der Waals surface area contributed by atoms with Crippen LogP contribution >= 0.6 is 0 Å². The van der Waals surface area contributed by atoms with E-state index in [4.69, 9.17) is 23.7 Å².